The molecule has 0 saturated carbocycles. The second-order valence-electron chi connectivity index (χ2n) is 2.18. The summed E-state index contributed by atoms with van der Waals surface area (Å²) in [5, 5.41) is 3.91. The molecule has 0 aliphatic heterocycles. The molecule has 1 rings (SSSR count). The van der Waals surface area contributed by atoms with E-state index in [4.69, 9.17) is 5.73 Å². The van der Waals surface area contributed by atoms with Crippen molar-refractivity contribution in [1.82, 2.24) is 9.78 Å². The van der Waals surface area contributed by atoms with Gasteiger partial charge in [-0.25, -0.2) is 0 Å². The van der Waals surface area contributed by atoms with E-state index in [1.54, 1.807) is 23.2 Å². The Hall–Kier alpha value is -1.58. The molecule has 11 heavy (non-hydrogen) atoms. The number of carbonyl (C=O) groups excluding carboxylic acids is 1. The summed E-state index contributed by atoms with van der Waals surface area (Å²) in [6.45, 7) is 0. The van der Waals surface area contributed by atoms with E-state index in [1.165, 1.54) is 6.08 Å². The van der Waals surface area contributed by atoms with E-state index < -0.39 is 5.91 Å². The number of aryl methyl sites for hydroxylation is 1. The molecule has 0 aliphatic rings. The Morgan fingerprint density at radius 3 is 3.00 bits per heavy atom. The van der Waals surface area contributed by atoms with Crippen LogP contribution in [0.15, 0.2) is 18.5 Å². The van der Waals surface area contributed by atoms with Crippen molar-refractivity contribution in [2.75, 3.05) is 0 Å². The van der Waals surface area contributed by atoms with E-state index in [1.807, 2.05) is 7.05 Å². The lowest BCUT2D eigenvalue weighted by molar-refractivity contribution is -0.113. The highest BCUT2D eigenvalue weighted by molar-refractivity contribution is 5.90. The zero-order valence-electron chi connectivity index (χ0n) is 6.19. The van der Waals surface area contributed by atoms with Crippen LogP contribution in [0.5, 0.6) is 0 Å². The highest BCUT2D eigenvalue weighted by Gasteiger charge is 1.89. The maximum Gasteiger partial charge on any atom is 0.241 e. The van der Waals surface area contributed by atoms with Crippen LogP contribution in [0.1, 0.15) is 5.56 Å². The van der Waals surface area contributed by atoms with Gasteiger partial charge in [0.05, 0.1) is 6.20 Å². The van der Waals surface area contributed by atoms with Gasteiger partial charge in [-0.3, -0.25) is 9.48 Å². The van der Waals surface area contributed by atoms with Gasteiger partial charge in [-0.05, 0) is 6.08 Å². The number of carbonyl (C=O) groups is 1. The fourth-order valence-corrected chi connectivity index (χ4v) is 0.705. The average molecular weight is 151 g/mol. The third kappa shape index (κ3) is 2.25. The van der Waals surface area contributed by atoms with Crippen LogP contribution in [-0.2, 0) is 11.8 Å². The average Bonchev–Trinajstić information content (AvgIpc) is 2.31. The molecule has 1 heterocycles. The molecule has 0 spiro atoms. The number of primary amides is 1. The molecule has 0 saturated heterocycles. The van der Waals surface area contributed by atoms with Gasteiger partial charge in [0, 0.05) is 24.9 Å². The van der Waals surface area contributed by atoms with Gasteiger partial charge in [0.1, 0.15) is 0 Å². The smallest absolute Gasteiger partial charge is 0.241 e. The molecular formula is C7H9N3O. The number of nitrogens with zero attached hydrogens (tertiary/aromatic N) is 2. The van der Waals surface area contributed by atoms with Crippen LogP contribution >= 0.6 is 0 Å². The normalized spacial score (nSPS) is 10.6. The van der Waals surface area contributed by atoms with Crippen molar-refractivity contribution in [2.24, 2.45) is 12.8 Å². The molecule has 0 aliphatic carbocycles. The van der Waals surface area contributed by atoms with Crippen molar-refractivity contribution in [3.05, 3.63) is 24.0 Å². The van der Waals surface area contributed by atoms with Crippen molar-refractivity contribution in [3.8, 4) is 0 Å². The van der Waals surface area contributed by atoms with E-state index in [2.05, 4.69) is 5.10 Å². The summed E-state index contributed by atoms with van der Waals surface area (Å²) in [6.07, 6.45) is 6.37. The van der Waals surface area contributed by atoms with Crippen molar-refractivity contribution >= 4 is 12.0 Å². The third-order valence-electron chi connectivity index (χ3n) is 1.16. The minimum atomic E-state index is -0.450. The molecule has 0 bridgehead atoms. The first-order chi connectivity index (χ1) is 5.18. The van der Waals surface area contributed by atoms with Gasteiger partial charge in [-0.1, -0.05) is 0 Å². The molecule has 4 nitrogen and oxygen atoms in total. The Morgan fingerprint density at radius 2 is 2.55 bits per heavy atom. The van der Waals surface area contributed by atoms with E-state index in [0.29, 0.717) is 0 Å². The number of hydrogen-bond acceptors (Lipinski definition) is 2. The molecule has 1 amide bonds. The Kier molecular flexibility index (Phi) is 2.06. The highest BCUT2D eigenvalue weighted by atomic mass is 16.1. The maximum absolute atomic E-state index is 10.3. The topological polar surface area (TPSA) is 60.9 Å². The van der Waals surface area contributed by atoms with Crippen LogP contribution in [0.2, 0.25) is 0 Å². The van der Waals surface area contributed by atoms with Gasteiger partial charge < -0.3 is 5.73 Å². The van der Waals surface area contributed by atoms with Gasteiger partial charge >= 0.3 is 0 Å². The first-order valence-corrected chi connectivity index (χ1v) is 3.14. The summed E-state index contributed by atoms with van der Waals surface area (Å²) in [7, 11) is 1.81. The van der Waals surface area contributed by atoms with Gasteiger partial charge in [0.25, 0.3) is 0 Å². The Bertz CT molecular complexity index is 288. The third-order valence-corrected chi connectivity index (χ3v) is 1.16. The first-order valence-electron chi connectivity index (χ1n) is 3.14. The Balaban J connectivity index is 2.71. The minimum absolute atomic E-state index is 0.450. The fourth-order valence-electron chi connectivity index (χ4n) is 0.705. The molecular weight excluding hydrogens is 142 g/mol. The lowest BCUT2D eigenvalue weighted by Gasteiger charge is -1.81. The maximum atomic E-state index is 10.3. The molecule has 0 fully saturated rings. The predicted molar refractivity (Wildman–Crippen MR) is 41.4 cm³/mol. The second kappa shape index (κ2) is 3.01. The Labute approximate surface area is 64.3 Å². The molecule has 1 aromatic rings. The fraction of sp³-hybridized carbons (Fsp3) is 0.143. The molecule has 4 heteroatoms. The summed E-state index contributed by atoms with van der Waals surface area (Å²) in [5.41, 5.74) is 5.76. The van der Waals surface area contributed by atoms with Gasteiger partial charge in [0.2, 0.25) is 5.91 Å². The number of hydrogen-bond donors (Lipinski definition) is 1. The summed E-state index contributed by atoms with van der Waals surface area (Å²) < 4.78 is 1.65. The molecule has 1 aromatic heterocycles. The predicted octanol–water partition coefficient (Wildman–Crippen LogP) is -0.0814. The molecule has 0 atom stereocenters. The number of nitrogens with two attached hydrogens (primary N) is 1. The van der Waals surface area contributed by atoms with Crippen LogP contribution in [0.25, 0.3) is 6.08 Å². The summed E-state index contributed by atoms with van der Waals surface area (Å²) in [4.78, 5) is 10.3. The van der Waals surface area contributed by atoms with Crippen LogP contribution in [0, 0.1) is 0 Å². The van der Waals surface area contributed by atoms with Gasteiger partial charge in [0.15, 0.2) is 0 Å². The van der Waals surface area contributed by atoms with Crippen LogP contribution < -0.4 is 5.73 Å². The second-order valence-corrected chi connectivity index (χ2v) is 2.18. The van der Waals surface area contributed by atoms with E-state index in [9.17, 15) is 4.79 Å². The minimum Gasteiger partial charge on any atom is -0.366 e. The monoisotopic (exact) mass is 151 g/mol. The molecule has 0 aromatic carbocycles. The van der Waals surface area contributed by atoms with E-state index >= 15 is 0 Å². The largest absolute Gasteiger partial charge is 0.366 e. The van der Waals surface area contributed by atoms with Crippen molar-refractivity contribution in [2.45, 2.75) is 0 Å². The molecule has 58 valence electrons. The molecule has 0 radical (unpaired) electrons. The van der Waals surface area contributed by atoms with Crippen molar-refractivity contribution in [1.29, 1.82) is 0 Å². The summed E-state index contributed by atoms with van der Waals surface area (Å²) >= 11 is 0. The van der Waals surface area contributed by atoms with Crippen LogP contribution in [0.3, 0.4) is 0 Å². The zero-order chi connectivity index (χ0) is 8.27. The summed E-state index contributed by atoms with van der Waals surface area (Å²) in [5.74, 6) is -0.450. The van der Waals surface area contributed by atoms with E-state index in [0.717, 1.165) is 5.56 Å². The van der Waals surface area contributed by atoms with Gasteiger partial charge in [-0.2, -0.15) is 5.10 Å². The number of amides is 1. The van der Waals surface area contributed by atoms with Crippen molar-refractivity contribution in [3.63, 3.8) is 0 Å². The lowest BCUT2D eigenvalue weighted by Crippen LogP contribution is -2.04. The first kappa shape index (κ1) is 7.53. The van der Waals surface area contributed by atoms with E-state index in [-0.39, 0.29) is 0 Å². The highest BCUT2D eigenvalue weighted by Crippen LogP contribution is 1.97. The SMILES string of the molecule is Cn1cc(C=CC(N)=O)cn1. The summed E-state index contributed by atoms with van der Waals surface area (Å²) in [6, 6.07) is 0. The zero-order valence-corrected chi connectivity index (χ0v) is 6.19. The number of rotatable bonds is 2. The van der Waals surface area contributed by atoms with Gasteiger partial charge in [-0.15, -0.1) is 0 Å². The van der Waals surface area contributed by atoms with Crippen LogP contribution in [-0.4, -0.2) is 15.7 Å². The quantitative estimate of drug-likeness (QED) is 0.601. The van der Waals surface area contributed by atoms with Crippen LogP contribution in [0.4, 0.5) is 0 Å². The number of aromatic nitrogens is 2. The molecule has 0 unspecified atom stereocenters. The molecule has 2 N–H and O–H groups in total. The standard InChI is InChI=1S/C7H9N3O/c1-10-5-6(4-9-10)2-3-7(8)11/h2-5H,1H3,(H2,8,11). The Morgan fingerprint density at radius 1 is 1.82 bits per heavy atom. The lowest BCUT2D eigenvalue weighted by atomic mass is 10.3. The van der Waals surface area contributed by atoms with Crippen molar-refractivity contribution < 1.29 is 4.79 Å².